The van der Waals surface area contributed by atoms with Crippen LogP contribution in [0.15, 0.2) is 28.3 Å². The fraction of sp³-hybridized carbons (Fsp3) is 0.300. The Balaban J connectivity index is 2.06. The number of nitrogens with zero attached hydrogens (tertiary/aromatic N) is 2. The molecule has 0 aliphatic rings. The third-order valence-corrected chi connectivity index (χ3v) is 3.99. The highest BCUT2D eigenvalue weighted by Gasteiger charge is 2.10. The highest BCUT2D eigenvalue weighted by atomic mass is 79.9. The molecule has 1 atom stereocenters. The molecule has 0 spiro atoms. The summed E-state index contributed by atoms with van der Waals surface area (Å²) < 4.78 is 2.90. The van der Waals surface area contributed by atoms with Gasteiger partial charge in [-0.25, -0.2) is 0 Å². The Morgan fingerprint density at radius 1 is 1.67 bits per heavy atom. The minimum atomic E-state index is 0.0606. The van der Waals surface area contributed by atoms with E-state index in [1.54, 1.807) is 16.0 Å². The van der Waals surface area contributed by atoms with Gasteiger partial charge in [-0.05, 0) is 34.0 Å². The van der Waals surface area contributed by atoms with Crippen molar-refractivity contribution < 1.29 is 0 Å². The van der Waals surface area contributed by atoms with E-state index >= 15 is 0 Å². The number of hydrogen-bond acceptors (Lipinski definition) is 3. The molecule has 2 N–H and O–H groups in total. The van der Waals surface area contributed by atoms with E-state index in [-0.39, 0.29) is 6.04 Å². The fourth-order valence-electron chi connectivity index (χ4n) is 1.45. The van der Waals surface area contributed by atoms with Gasteiger partial charge in [0.2, 0.25) is 0 Å². The lowest BCUT2D eigenvalue weighted by atomic mass is 10.1. The van der Waals surface area contributed by atoms with Crippen LogP contribution in [0, 0.1) is 0 Å². The fourth-order valence-corrected chi connectivity index (χ4v) is 2.90. The molecule has 5 heteroatoms. The van der Waals surface area contributed by atoms with Crippen molar-refractivity contribution in [3.05, 3.63) is 38.8 Å². The van der Waals surface area contributed by atoms with Crippen LogP contribution in [-0.4, -0.2) is 9.78 Å². The van der Waals surface area contributed by atoms with Gasteiger partial charge in [0.25, 0.3) is 0 Å². The van der Waals surface area contributed by atoms with E-state index in [2.05, 4.69) is 32.5 Å². The van der Waals surface area contributed by atoms with Gasteiger partial charge in [-0.15, -0.1) is 11.3 Å². The van der Waals surface area contributed by atoms with Crippen molar-refractivity contribution in [3.63, 3.8) is 0 Å². The molecule has 80 valence electrons. The molecule has 2 heterocycles. The standard InChI is InChI=1S/C10H12BrN3S/c1-14-5-7(4-13-14)2-9(12)10-3-8(11)6-15-10/h3-6,9H,2,12H2,1H3. The van der Waals surface area contributed by atoms with Crippen LogP contribution in [0.4, 0.5) is 0 Å². The van der Waals surface area contributed by atoms with Crippen molar-refractivity contribution in [2.75, 3.05) is 0 Å². The minimum absolute atomic E-state index is 0.0606. The molecule has 0 radical (unpaired) electrons. The van der Waals surface area contributed by atoms with Crippen molar-refractivity contribution in [3.8, 4) is 0 Å². The number of aryl methyl sites for hydroxylation is 1. The lowest BCUT2D eigenvalue weighted by molar-refractivity contribution is 0.732. The Bertz CT molecular complexity index is 449. The van der Waals surface area contributed by atoms with Gasteiger partial charge in [-0.1, -0.05) is 0 Å². The van der Waals surface area contributed by atoms with Crippen LogP contribution >= 0.6 is 27.3 Å². The molecule has 0 aliphatic carbocycles. The van der Waals surface area contributed by atoms with Gasteiger partial charge in [-0.3, -0.25) is 4.68 Å². The van der Waals surface area contributed by atoms with Crippen LogP contribution in [0.2, 0.25) is 0 Å². The number of halogens is 1. The first kappa shape index (κ1) is 10.9. The summed E-state index contributed by atoms with van der Waals surface area (Å²) in [6.45, 7) is 0. The summed E-state index contributed by atoms with van der Waals surface area (Å²) in [5, 5.41) is 6.18. The number of hydrogen-bond donors (Lipinski definition) is 1. The molecule has 0 aliphatic heterocycles. The van der Waals surface area contributed by atoms with Crippen molar-refractivity contribution in [2.45, 2.75) is 12.5 Å². The SMILES string of the molecule is Cn1cc(CC(N)c2cc(Br)cs2)cn1. The Hall–Kier alpha value is -0.650. The molecule has 2 rings (SSSR count). The quantitative estimate of drug-likeness (QED) is 0.942. The smallest absolute Gasteiger partial charge is 0.0522 e. The van der Waals surface area contributed by atoms with Crippen LogP contribution < -0.4 is 5.73 Å². The average molecular weight is 286 g/mol. The monoisotopic (exact) mass is 285 g/mol. The number of nitrogens with two attached hydrogens (primary N) is 1. The Morgan fingerprint density at radius 2 is 2.47 bits per heavy atom. The van der Waals surface area contributed by atoms with Gasteiger partial charge < -0.3 is 5.73 Å². The second-order valence-electron chi connectivity index (χ2n) is 3.50. The summed E-state index contributed by atoms with van der Waals surface area (Å²) in [5.74, 6) is 0. The summed E-state index contributed by atoms with van der Waals surface area (Å²) in [6, 6.07) is 2.14. The molecule has 0 saturated carbocycles. The summed E-state index contributed by atoms with van der Waals surface area (Å²) in [4.78, 5) is 1.20. The van der Waals surface area contributed by atoms with Gasteiger partial charge in [-0.2, -0.15) is 5.10 Å². The molecular formula is C10H12BrN3S. The van der Waals surface area contributed by atoms with Gasteiger partial charge in [0, 0.05) is 34.0 Å². The zero-order chi connectivity index (χ0) is 10.8. The largest absolute Gasteiger partial charge is 0.323 e. The van der Waals surface area contributed by atoms with Gasteiger partial charge in [0.15, 0.2) is 0 Å². The van der Waals surface area contributed by atoms with Crippen molar-refractivity contribution in [2.24, 2.45) is 12.8 Å². The molecule has 3 nitrogen and oxygen atoms in total. The van der Waals surface area contributed by atoms with Crippen molar-refractivity contribution in [1.29, 1.82) is 0 Å². The van der Waals surface area contributed by atoms with Crippen LogP contribution in [0.3, 0.4) is 0 Å². The maximum absolute atomic E-state index is 6.10. The number of rotatable bonds is 3. The molecular weight excluding hydrogens is 274 g/mol. The molecule has 0 aromatic carbocycles. The Labute approximate surface area is 101 Å². The van der Waals surface area contributed by atoms with E-state index in [4.69, 9.17) is 5.73 Å². The zero-order valence-electron chi connectivity index (χ0n) is 8.35. The van der Waals surface area contributed by atoms with Crippen LogP contribution in [0.1, 0.15) is 16.5 Å². The molecule has 0 amide bonds. The first-order valence-electron chi connectivity index (χ1n) is 4.62. The molecule has 2 aromatic heterocycles. The third-order valence-electron chi connectivity index (χ3n) is 2.17. The molecule has 0 saturated heterocycles. The molecule has 2 aromatic rings. The molecule has 0 fully saturated rings. The summed E-state index contributed by atoms with van der Waals surface area (Å²) in [5.41, 5.74) is 7.28. The van der Waals surface area contributed by atoms with E-state index in [1.165, 1.54) is 10.4 Å². The molecule has 1 unspecified atom stereocenters. The van der Waals surface area contributed by atoms with Crippen molar-refractivity contribution >= 4 is 27.3 Å². The predicted molar refractivity (Wildman–Crippen MR) is 65.9 cm³/mol. The maximum Gasteiger partial charge on any atom is 0.0522 e. The first-order valence-corrected chi connectivity index (χ1v) is 6.29. The van der Waals surface area contributed by atoms with Gasteiger partial charge in [0.05, 0.1) is 6.20 Å². The summed E-state index contributed by atoms with van der Waals surface area (Å²) in [6.07, 6.45) is 4.70. The number of aromatic nitrogens is 2. The lowest BCUT2D eigenvalue weighted by Crippen LogP contribution is -2.11. The highest BCUT2D eigenvalue weighted by molar-refractivity contribution is 9.10. The lowest BCUT2D eigenvalue weighted by Gasteiger charge is -2.06. The first-order chi connectivity index (χ1) is 7.15. The maximum atomic E-state index is 6.10. The topological polar surface area (TPSA) is 43.8 Å². The second kappa shape index (κ2) is 4.47. The highest BCUT2D eigenvalue weighted by Crippen LogP contribution is 2.26. The van der Waals surface area contributed by atoms with E-state index in [9.17, 15) is 0 Å². The summed E-state index contributed by atoms with van der Waals surface area (Å²) in [7, 11) is 1.91. The van der Waals surface area contributed by atoms with Gasteiger partial charge >= 0.3 is 0 Å². The predicted octanol–water partition coefficient (Wildman–Crippen LogP) is 2.49. The average Bonchev–Trinajstić information content (AvgIpc) is 2.75. The Morgan fingerprint density at radius 3 is 3.00 bits per heavy atom. The van der Waals surface area contributed by atoms with Crippen LogP contribution in [0.5, 0.6) is 0 Å². The number of thiophene rings is 1. The van der Waals surface area contributed by atoms with E-state index < -0.39 is 0 Å². The van der Waals surface area contributed by atoms with E-state index in [1.807, 2.05) is 19.4 Å². The van der Waals surface area contributed by atoms with Crippen molar-refractivity contribution in [1.82, 2.24) is 9.78 Å². The normalized spacial score (nSPS) is 13.0. The summed E-state index contributed by atoms with van der Waals surface area (Å²) >= 11 is 5.11. The third kappa shape index (κ3) is 2.68. The molecule has 0 bridgehead atoms. The van der Waals surface area contributed by atoms with Gasteiger partial charge in [0.1, 0.15) is 0 Å². The van der Waals surface area contributed by atoms with E-state index in [0.29, 0.717) is 0 Å². The van der Waals surface area contributed by atoms with E-state index in [0.717, 1.165) is 10.9 Å². The zero-order valence-corrected chi connectivity index (χ0v) is 10.8. The van der Waals surface area contributed by atoms with Crippen LogP contribution in [-0.2, 0) is 13.5 Å². The minimum Gasteiger partial charge on any atom is -0.323 e. The molecule has 15 heavy (non-hydrogen) atoms. The van der Waals surface area contributed by atoms with Crippen LogP contribution in [0.25, 0.3) is 0 Å². The Kier molecular flexibility index (Phi) is 3.23. The second-order valence-corrected chi connectivity index (χ2v) is 5.36.